The molecule has 0 aromatic carbocycles. The first-order chi connectivity index (χ1) is 7.11. The van der Waals surface area contributed by atoms with Gasteiger partial charge in [0.2, 0.25) is 5.91 Å². The normalized spacial score (nSPS) is 12.9. The van der Waals surface area contributed by atoms with Crippen molar-refractivity contribution in [3.63, 3.8) is 0 Å². The summed E-state index contributed by atoms with van der Waals surface area (Å²) >= 11 is 0. The van der Waals surface area contributed by atoms with Crippen molar-refractivity contribution in [3.8, 4) is 0 Å². The van der Waals surface area contributed by atoms with Crippen LogP contribution in [0.5, 0.6) is 0 Å². The Morgan fingerprint density at radius 2 is 2.07 bits per heavy atom. The molecule has 0 fully saturated rings. The highest BCUT2D eigenvalue weighted by atomic mass is 16.1. The number of likely N-dealkylation sites (N-methyl/N-ethyl adjacent to an activating group) is 2. The summed E-state index contributed by atoms with van der Waals surface area (Å²) in [4.78, 5) is 13.5. The lowest BCUT2D eigenvalue weighted by Gasteiger charge is -2.23. The molecule has 0 bridgehead atoms. The van der Waals surface area contributed by atoms with Crippen molar-refractivity contribution < 1.29 is 4.79 Å². The van der Waals surface area contributed by atoms with E-state index in [2.05, 4.69) is 36.4 Å². The number of hydrogen-bond donors (Lipinski definition) is 2. The van der Waals surface area contributed by atoms with Crippen molar-refractivity contribution in [3.05, 3.63) is 0 Å². The number of rotatable bonds is 8. The molecule has 0 aliphatic rings. The van der Waals surface area contributed by atoms with Gasteiger partial charge in [0, 0.05) is 19.1 Å². The zero-order valence-corrected chi connectivity index (χ0v) is 10.5. The average Bonchev–Trinajstić information content (AvgIpc) is 2.24. The fraction of sp³-hybridized carbons (Fsp3) is 0.909. The van der Waals surface area contributed by atoms with Crippen LogP contribution in [-0.4, -0.2) is 50.1 Å². The molecule has 0 spiro atoms. The van der Waals surface area contributed by atoms with Gasteiger partial charge < -0.3 is 15.5 Å². The molecule has 0 rings (SSSR count). The van der Waals surface area contributed by atoms with E-state index in [1.165, 1.54) is 0 Å². The van der Waals surface area contributed by atoms with Gasteiger partial charge in [0.1, 0.15) is 0 Å². The van der Waals surface area contributed by atoms with Gasteiger partial charge in [-0.05, 0) is 26.9 Å². The van der Waals surface area contributed by atoms with Gasteiger partial charge in [0.25, 0.3) is 0 Å². The summed E-state index contributed by atoms with van der Waals surface area (Å²) in [5.74, 6) is 0.0781. The van der Waals surface area contributed by atoms with Crippen molar-refractivity contribution in [1.29, 1.82) is 0 Å². The SMILES string of the molecule is CCNCC(=O)NCCN(C)C(C)CC. The fourth-order valence-electron chi connectivity index (χ4n) is 1.20. The zero-order chi connectivity index (χ0) is 11.7. The molecule has 2 N–H and O–H groups in total. The zero-order valence-electron chi connectivity index (χ0n) is 10.5. The largest absolute Gasteiger partial charge is 0.354 e. The lowest BCUT2D eigenvalue weighted by atomic mass is 10.2. The van der Waals surface area contributed by atoms with Crippen molar-refractivity contribution >= 4 is 5.91 Å². The highest BCUT2D eigenvalue weighted by Crippen LogP contribution is 1.97. The van der Waals surface area contributed by atoms with Gasteiger partial charge in [-0.25, -0.2) is 0 Å². The summed E-state index contributed by atoms with van der Waals surface area (Å²) in [5, 5.41) is 5.88. The Labute approximate surface area is 93.4 Å². The van der Waals surface area contributed by atoms with E-state index < -0.39 is 0 Å². The molecule has 4 heteroatoms. The molecule has 0 radical (unpaired) electrons. The second-order valence-corrected chi connectivity index (χ2v) is 3.87. The number of carbonyl (C=O) groups excluding carboxylic acids is 1. The summed E-state index contributed by atoms with van der Waals surface area (Å²) in [5.41, 5.74) is 0. The van der Waals surface area contributed by atoms with E-state index in [0.29, 0.717) is 12.6 Å². The lowest BCUT2D eigenvalue weighted by molar-refractivity contribution is -0.120. The predicted octanol–water partition coefficient (Wildman–Crippen LogP) is 0.442. The molecule has 1 amide bonds. The highest BCUT2D eigenvalue weighted by Gasteiger charge is 2.06. The maximum Gasteiger partial charge on any atom is 0.234 e. The third-order valence-electron chi connectivity index (χ3n) is 2.67. The van der Waals surface area contributed by atoms with E-state index in [1.54, 1.807) is 0 Å². The Morgan fingerprint density at radius 3 is 2.60 bits per heavy atom. The molecule has 90 valence electrons. The molecule has 0 saturated carbocycles. The van der Waals surface area contributed by atoms with Crippen LogP contribution in [0.1, 0.15) is 27.2 Å². The van der Waals surface area contributed by atoms with E-state index in [4.69, 9.17) is 0 Å². The van der Waals surface area contributed by atoms with Crippen molar-refractivity contribution in [2.75, 3.05) is 33.2 Å². The van der Waals surface area contributed by atoms with Crippen LogP contribution >= 0.6 is 0 Å². The molecule has 0 aliphatic carbocycles. The Balaban J connectivity index is 3.48. The number of amides is 1. The number of nitrogens with one attached hydrogen (secondary N) is 2. The number of nitrogens with zero attached hydrogens (tertiary/aromatic N) is 1. The van der Waals surface area contributed by atoms with E-state index >= 15 is 0 Å². The second kappa shape index (κ2) is 8.68. The van der Waals surface area contributed by atoms with Crippen molar-refractivity contribution in [1.82, 2.24) is 15.5 Å². The molecule has 4 nitrogen and oxygen atoms in total. The van der Waals surface area contributed by atoms with Crippen LogP contribution in [0.15, 0.2) is 0 Å². The van der Waals surface area contributed by atoms with Crippen molar-refractivity contribution in [2.45, 2.75) is 33.2 Å². The minimum Gasteiger partial charge on any atom is -0.354 e. The standard InChI is InChI=1S/C11H25N3O/c1-5-10(3)14(4)8-7-13-11(15)9-12-6-2/h10,12H,5-9H2,1-4H3,(H,13,15). The van der Waals surface area contributed by atoms with Gasteiger partial charge >= 0.3 is 0 Å². The molecule has 1 unspecified atom stereocenters. The Kier molecular flexibility index (Phi) is 8.33. The van der Waals surface area contributed by atoms with Crippen LogP contribution in [0.4, 0.5) is 0 Å². The van der Waals surface area contributed by atoms with Gasteiger partial charge in [-0.1, -0.05) is 13.8 Å². The minimum atomic E-state index is 0.0781. The molecular weight excluding hydrogens is 190 g/mol. The summed E-state index contributed by atoms with van der Waals surface area (Å²) < 4.78 is 0. The Hall–Kier alpha value is -0.610. The number of hydrogen-bond acceptors (Lipinski definition) is 3. The lowest BCUT2D eigenvalue weighted by Crippen LogP contribution is -2.40. The summed E-state index contributed by atoms with van der Waals surface area (Å²) in [6.07, 6.45) is 1.14. The van der Waals surface area contributed by atoms with Crippen LogP contribution < -0.4 is 10.6 Å². The molecule has 0 aromatic heterocycles. The molecule has 1 atom stereocenters. The first-order valence-corrected chi connectivity index (χ1v) is 5.79. The van der Waals surface area contributed by atoms with Gasteiger partial charge in [0.05, 0.1) is 6.54 Å². The smallest absolute Gasteiger partial charge is 0.234 e. The molecule has 0 saturated heterocycles. The van der Waals surface area contributed by atoms with E-state index in [-0.39, 0.29) is 5.91 Å². The topological polar surface area (TPSA) is 44.4 Å². The van der Waals surface area contributed by atoms with Gasteiger partial charge in [-0.15, -0.1) is 0 Å². The predicted molar refractivity (Wildman–Crippen MR) is 63.9 cm³/mol. The first kappa shape index (κ1) is 14.4. The van der Waals surface area contributed by atoms with Crippen LogP contribution in [0.25, 0.3) is 0 Å². The maximum absolute atomic E-state index is 11.2. The third kappa shape index (κ3) is 7.33. The first-order valence-electron chi connectivity index (χ1n) is 5.79. The summed E-state index contributed by atoms with van der Waals surface area (Å²) in [6, 6.07) is 0.579. The van der Waals surface area contributed by atoms with Crippen LogP contribution in [0, 0.1) is 0 Å². The number of carbonyl (C=O) groups is 1. The van der Waals surface area contributed by atoms with E-state index in [9.17, 15) is 4.79 Å². The van der Waals surface area contributed by atoms with Gasteiger partial charge in [-0.3, -0.25) is 4.79 Å². The Morgan fingerprint density at radius 1 is 1.40 bits per heavy atom. The van der Waals surface area contributed by atoms with Crippen LogP contribution in [0.2, 0.25) is 0 Å². The van der Waals surface area contributed by atoms with Gasteiger partial charge in [0.15, 0.2) is 0 Å². The molecule has 0 heterocycles. The van der Waals surface area contributed by atoms with Crippen LogP contribution in [0.3, 0.4) is 0 Å². The third-order valence-corrected chi connectivity index (χ3v) is 2.67. The Bertz CT molecular complexity index is 173. The van der Waals surface area contributed by atoms with Crippen LogP contribution in [-0.2, 0) is 4.79 Å². The quantitative estimate of drug-likeness (QED) is 0.617. The monoisotopic (exact) mass is 215 g/mol. The van der Waals surface area contributed by atoms with Crippen molar-refractivity contribution in [2.24, 2.45) is 0 Å². The van der Waals surface area contributed by atoms with E-state index in [0.717, 1.165) is 26.1 Å². The average molecular weight is 215 g/mol. The maximum atomic E-state index is 11.2. The summed E-state index contributed by atoms with van der Waals surface area (Å²) in [7, 11) is 2.09. The fourth-order valence-corrected chi connectivity index (χ4v) is 1.20. The van der Waals surface area contributed by atoms with E-state index in [1.807, 2.05) is 6.92 Å². The van der Waals surface area contributed by atoms with Gasteiger partial charge in [-0.2, -0.15) is 0 Å². The molecule has 0 aromatic rings. The molecular formula is C11H25N3O. The summed E-state index contributed by atoms with van der Waals surface area (Å²) in [6.45, 7) is 9.25. The second-order valence-electron chi connectivity index (χ2n) is 3.87. The molecule has 15 heavy (non-hydrogen) atoms. The molecule has 0 aliphatic heterocycles. The minimum absolute atomic E-state index is 0.0781. The highest BCUT2D eigenvalue weighted by molar-refractivity contribution is 5.77.